The number of rotatable bonds is 4. The first kappa shape index (κ1) is 20.8. The lowest BCUT2D eigenvalue weighted by Crippen LogP contribution is -3.12. The highest BCUT2D eigenvalue weighted by Crippen LogP contribution is 2.35. The van der Waals surface area contributed by atoms with Crippen LogP contribution < -0.4 is 14.8 Å². The highest BCUT2D eigenvalue weighted by Gasteiger charge is 2.31. The molecule has 1 aromatic heterocycles. The van der Waals surface area contributed by atoms with Crippen molar-refractivity contribution < 1.29 is 18.3 Å². The summed E-state index contributed by atoms with van der Waals surface area (Å²) in [6.45, 7) is 9.76. The van der Waals surface area contributed by atoms with E-state index in [2.05, 4.69) is 42.1 Å². The van der Waals surface area contributed by atoms with E-state index in [0.29, 0.717) is 9.79 Å². The number of anilines is 1. The van der Waals surface area contributed by atoms with E-state index in [-0.39, 0.29) is 0 Å². The molecule has 0 atom stereocenters. The molecule has 2 N–H and O–H groups in total. The molecule has 1 fully saturated rings. The van der Waals surface area contributed by atoms with Gasteiger partial charge in [0.05, 0.1) is 49.2 Å². The molecule has 158 valence electrons. The minimum Gasteiger partial charge on any atom is -0.358 e. The molecule has 0 amide bonds. The lowest BCUT2D eigenvalue weighted by Gasteiger charge is -2.33. The minimum absolute atomic E-state index is 0.353. The molecular weight excluding hydrogens is 394 g/mol. The summed E-state index contributed by atoms with van der Waals surface area (Å²) in [6, 6.07) is 11.7. The van der Waals surface area contributed by atoms with Gasteiger partial charge in [0.25, 0.3) is 0 Å². The van der Waals surface area contributed by atoms with Crippen LogP contribution in [0.3, 0.4) is 0 Å². The SMILES string of the molecule is CCc1ccc2[nH+]cc(S(=O)(=O)c3ccc(C)c(C)c3)c(N3CC[NH+](C)CC3)c2c1. The van der Waals surface area contributed by atoms with Gasteiger partial charge in [0.15, 0.2) is 11.1 Å². The maximum absolute atomic E-state index is 13.8. The molecule has 1 aliphatic heterocycles. The van der Waals surface area contributed by atoms with Gasteiger partial charge in [-0.1, -0.05) is 19.1 Å². The van der Waals surface area contributed by atoms with Crippen LogP contribution in [0.1, 0.15) is 23.6 Å². The average Bonchev–Trinajstić information content (AvgIpc) is 2.75. The molecule has 2 heterocycles. The van der Waals surface area contributed by atoms with Crippen LogP contribution in [-0.2, 0) is 16.3 Å². The molecule has 0 bridgehead atoms. The Kier molecular flexibility index (Phi) is 5.55. The van der Waals surface area contributed by atoms with Gasteiger partial charge in [0.1, 0.15) is 0 Å². The van der Waals surface area contributed by atoms with E-state index in [1.807, 2.05) is 19.9 Å². The predicted molar refractivity (Wildman–Crippen MR) is 120 cm³/mol. The third-order valence-electron chi connectivity index (χ3n) is 6.35. The lowest BCUT2D eigenvalue weighted by molar-refractivity contribution is -0.880. The topological polar surface area (TPSA) is 56.0 Å². The third kappa shape index (κ3) is 3.70. The van der Waals surface area contributed by atoms with Gasteiger partial charge < -0.3 is 9.80 Å². The number of nitrogens with zero attached hydrogens (tertiary/aromatic N) is 1. The first-order chi connectivity index (χ1) is 14.3. The number of fused-ring (bicyclic) bond motifs is 1. The Labute approximate surface area is 179 Å². The van der Waals surface area contributed by atoms with Crippen molar-refractivity contribution in [1.82, 2.24) is 0 Å². The number of quaternary nitrogens is 1. The van der Waals surface area contributed by atoms with E-state index in [1.165, 1.54) is 10.5 Å². The average molecular weight is 426 g/mol. The van der Waals surface area contributed by atoms with Gasteiger partial charge in [-0.25, -0.2) is 13.4 Å². The quantitative estimate of drug-likeness (QED) is 0.696. The molecule has 1 saturated heterocycles. The van der Waals surface area contributed by atoms with Gasteiger partial charge in [0, 0.05) is 6.07 Å². The van der Waals surface area contributed by atoms with Gasteiger partial charge in [-0.05, 0) is 55.2 Å². The Bertz CT molecular complexity index is 1200. The number of likely N-dealkylation sites (N-methyl/N-ethyl adjacent to an activating group) is 1. The van der Waals surface area contributed by atoms with Crippen molar-refractivity contribution in [2.45, 2.75) is 37.0 Å². The minimum atomic E-state index is -3.66. The highest BCUT2D eigenvalue weighted by molar-refractivity contribution is 7.91. The van der Waals surface area contributed by atoms with Crippen molar-refractivity contribution >= 4 is 26.4 Å². The van der Waals surface area contributed by atoms with E-state index >= 15 is 0 Å². The standard InChI is InChI=1S/C24H29N3O2S/c1-5-19-7-9-22-21(15-19)24(27-12-10-26(4)11-13-27)23(16-25-22)30(28,29)20-8-6-17(2)18(3)14-20/h6-9,14-16H,5,10-13H2,1-4H3/p+2. The molecule has 0 radical (unpaired) electrons. The van der Waals surface area contributed by atoms with Crippen LogP contribution in [0.4, 0.5) is 5.69 Å². The van der Waals surface area contributed by atoms with Crippen LogP contribution in [0.5, 0.6) is 0 Å². The fourth-order valence-electron chi connectivity index (χ4n) is 4.13. The Morgan fingerprint density at radius 1 is 1.03 bits per heavy atom. The van der Waals surface area contributed by atoms with Gasteiger partial charge >= 0.3 is 0 Å². The van der Waals surface area contributed by atoms with Crippen LogP contribution in [0, 0.1) is 13.8 Å². The summed E-state index contributed by atoms with van der Waals surface area (Å²) in [4.78, 5) is 7.71. The fraction of sp³-hybridized carbons (Fsp3) is 0.375. The number of aryl methyl sites for hydroxylation is 3. The summed E-state index contributed by atoms with van der Waals surface area (Å²) >= 11 is 0. The first-order valence-electron chi connectivity index (χ1n) is 10.7. The Balaban J connectivity index is 1.96. The molecule has 6 heteroatoms. The molecule has 0 spiro atoms. The van der Waals surface area contributed by atoms with Crippen molar-refractivity contribution in [3.8, 4) is 0 Å². The normalized spacial score (nSPS) is 15.7. The Hall–Kier alpha value is -2.44. The second-order valence-electron chi connectivity index (χ2n) is 8.43. The highest BCUT2D eigenvalue weighted by atomic mass is 32.2. The number of piperazine rings is 1. The third-order valence-corrected chi connectivity index (χ3v) is 8.12. The summed E-state index contributed by atoms with van der Waals surface area (Å²) in [7, 11) is -1.47. The zero-order chi connectivity index (χ0) is 21.5. The lowest BCUT2D eigenvalue weighted by atomic mass is 10.1. The molecule has 1 aliphatic rings. The van der Waals surface area contributed by atoms with Crippen molar-refractivity contribution in [2.24, 2.45) is 0 Å². The predicted octanol–water partition coefficient (Wildman–Crippen LogP) is 2.00. The molecule has 5 nitrogen and oxygen atoms in total. The molecular formula is C24H31N3O2S+2. The van der Waals surface area contributed by atoms with Crippen molar-refractivity contribution in [2.75, 3.05) is 38.1 Å². The number of hydrogen-bond acceptors (Lipinski definition) is 3. The number of sulfone groups is 1. The van der Waals surface area contributed by atoms with E-state index in [0.717, 1.165) is 60.3 Å². The van der Waals surface area contributed by atoms with Crippen LogP contribution >= 0.6 is 0 Å². The number of hydrogen-bond donors (Lipinski definition) is 1. The monoisotopic (exact) mass is 425 g/mol. The maximum Gasteiger partial charge on any atom is 0.214 e. The zero-order valence-corrected chi connectivity index (χ0v) is 19.1. The summed E-state index contributed by atoms with van der Waals surface area (Å²) in [5, 5.41) is 0.985. The first-order valence-corrected chi connectivity index (χ1v) is 12.2. The zero-order valence-electron chi connectivity index (χ0n) is 18.2. The fourth-order valence-corrected chi connectivity index (χ4v) is 5.67. The van der Waals surface area contributed by atoms with E-state index in [1.54, 1.807) is 18.3 Å². The second-order valence-corrected chi connectivity index (χ2v) is 10.3. The van der Waals surface area contributed by atoms with Gasteiger partial charge in [0.2, 0.25) is 15.4 Å². The molecule has 0 saturated carbocycles. The number of H-pyrrole nitrogens is 1. The number of aromatic nitrogens is 1. The molecule has 0 unspecified atom stereocenters. The van der Waals surface area contributed by atoms with Gasteiger partial charge in [-0.2, -0.15) is 0 Å². The van der Waals surface area contributed by atoms with Gasteiger partial charge in [-0.3, -0.25) is 0 Å². The number of nitrogens with one attached hydrogen (secondary N) is 2. The number of benzene rings is 2. The van der Waals surface area contributed by atoms with Crippen LogP contribution in [0.15, 0.2) is 52.4 Å². The number of aromatic amines is 1. The van der Waals surface area contributed by atoms with E-state index in [4.69, 9.17) is 0 Å². The summed E-state index contributed by atoms with van der Waals surface area (Å²) < 4.78 is 27.5. The summed E-state index contributed by atoms with van der Waals surface area (Å²) in [5.41, 5.74) is 5.09. The second kappa shape index (κ2) is 8.00. The van der Waals surface area contributed by atoms with Crippen molar-refractivity contribution in [1.29, 1.82) is 0 Å². The Morgan fingerprint density at radius 2 is 1.77 bits per heavy atom. The molecule has 0 aliphatic carbocycles. The molecule has 4 rings (SSSR count). The summed E-state index contributed by atoms with van der Waals surface area (Å²) in [6.07, 6.45) is 2.59. The van der Waals surface area contributed by atoms with Gasteiger partial charge in [-0.15, -0.1) is 0 Å². The summed E-state index contributed by atoms with van der Waals surface area (Å²) in [5.74, 6) is 0. The molecule has 3 aromatic rings. The van der Waals surface area contributed by atoms with E-state index < -0.39 is 9.84 Å². The Morgan fingerprint density at radius 3 is 2.43 bits per heavy atom. The van der Waals surface area contributed by atoms with Crippen LogP contribution in [0.25, 0.3) is 10.9 Å². The molecule has 30 heavy (non-hydrogen) atoms. The molecule has 2 aromatic carbocycles. The number of pyridine rings is 1. The largest absolute Gasteiger partial charge is 0.358 e. The smallest absolute Gasteiger partial charge is 0.214 e. The maximum atomic E-state index is 13.8. The van der Waals surface area contributed by atoms with E-state index in [9.17, 15) is 8.42 Å². The van der Waals surface area contributed by atoms with Crippen molar-refractivity contribution in [3.05, 3.63) is 59.3 Å². The van der Waals surface area contributed by atoms with Crippen LogP contribution in [-0.4, -0.2) is 41.6 Å². The van der Waals surface area contributed by atoms with Crippen molar-refractivity contribution in [3.63, 3.8) is 0 Å². The van der Waals surface area contributed by atoms with Crippen LogP contribution in [0.2, 0.25) is 0 Å².